The van der Waals surface area contributed by atoms with Crippen LogP contribution in [0.5, 0.6) is 0 Å². The first-order valence-electron chi connectivity index (χ1n) is 6.80. The second kappa shape index (κ2) is 6.36. The van der Waals surface area contributed by atoms with E-state index >= 15 is 0 Å². The molecular formula is C15H20N2O2. The Morgan fingerprint density at radius 2 is 2.05 bits per heavy atom. The molecule has 1 fully saturated rings. The molecule has 1 aromatic carbocycles. The summed E-state index contributed by atoms with van der Waals surface area (Å²) in [5.41, 5.74) is 1.12. The van der Waals surface area contributed by atoms with E-state index in [1.165, 1.54) is 0 Å². The Kier molecular flexibility index (Phi) is 4.55. The Hall–Kier alpha value is -1.84. The summed E-state index contributed by atoms with van der Waals surface area (Å²) in [6.45, 7) is 4.17. The van der Waals surface area contributed by atoms with Crippen LogP contribution >= 0.6 is 0 Å². The number of nitrogens with zero attached hydrogens (tertiary/aromatic N) is 2. The smallest absolute Gasteiger partial charge is 0.242 e. The molecule has 4 nitrogen and oxygen atoms in total. The molecule has 4 heteroatoms. The molecule has 0 aliphatic carbocycles. The number of hydrogen-bond donors (Lipinski definition) is 0. The number of carbonyl (C=O) groups excluding carboxylic acids is 2. The van der Waals surface area contributed by atoms with Gasteiger partial charge in [-0.2, -0.15) is 0 Å². The van der Waals surface area contributed by atoms with Gasteiger partial charge in [-0.1, -0.05) is 30.3 Å². The predicted octanol–water partition coefficient (Wildman–Crippen LogP) is 1.66. The van der Waals surface area contributed by atoms with E-state index in [1.54, 1.807) is 9.80 Å². The van der Waals surface area contributed by atoms with Gasteiger partial charge in [0.25, 0.3) is 0 Å². The second-order valence-electron chi connectivity index (χ2n) is 4.81. The number of benzene rings is 1. The first-order valence-corrected chi connectivity index (χ1v) is 6.80. The van der Waals surface area contributed by atoms with E-state index in [0.29, 0.717) is 26.1 Å². The lowest BCUT2D eigenvalue weighted by Gasteiger charge is -2.24. The molecule has 0 atom stereocenters. The quantitative estimate of drug-likeness (QED) is 0.808. The minimum absolute atomic E-state index is 0.0293. The molecule has 1 saturated heterocycles. The fourth-order valence-corrected chi connectivity index (χ4v) is 2.31. The molecule has 0 bridgehead atoms. The van der Waals surface area contributed by atoms with E-state index in [4.69, 9.17) is 0 Å². The number of rotatable bonds is 5. The summed E-state index contributed by atoms with van der Waals surface area (Å²) in [7, 11) is 0. The van der Waals surface area contributed by atoms with Crippen LogP contribution in [0.25, 0.3) is 0 Å². The van der Waals surface area contributed by atoms with Crippen LogP contribution in [-0.2, 0) is 16.1 Å². The van der Waals surface area contributed by atoms with Crippen LogP contribution < -0.4 is 0 Å². The Bertz CT molecular complexity index is 445. The van der Waals surface area contributed by atoms with Crippen molar-refractivity contribution in [3.05, 3.63) is 35.9 Å². The van der Waals surface area contributed by atoms with Gasteiger partial charge in [-0.05, 0) is 18.9 Å². The Morgan fingerprint density at radius 3 is 2.63 bits per heavy atom. The Labute approximate surface area is 114 Å². The van der Waals surface area contributed by atoms with Crippen LogP contribution in [0.3, 0.4) is 0 Å². The van der Waals surface area contributed by atoms with Crippen molar-refractivity contribution in [1.29, 1.82) is 0 Å². The zero-order valence-electron chi connectivity index (χ0n) is 11.3. The molecule has 2 rings (SSSR count). The SMILES string of the molecule is CCN(Cc1ccccc1)C(=O)CN1CCCC1=O. The van der Waals surface area contributed by atoms with Gasteiger partial charge in [0.1, 0.15) is 0 Å². The van der Waals surface area contributed by atoms with Gasteiger partial charge in [-0.15, -0.1) is 0 Å². The number of likely N-dealkylation sites (N-methyl/N-ethyl adjacent to an activating group) is 1. The van der Waals surface area contributed by atoms with Crippen LogP contribution in [0.4, 0.5) is 0 Å². The van der Waals surface area contributed by atoms with E-state index < -0.39 is 0 Å². The lowest BCUT2D eigenvalue weighted by molar-refractivity contribution is -0.138. The summed E-state index contributed by atoms with van der Waals surface area (Å²) in [5.74, 6) is 0.130. The van der Waals surface area contributed by atoms with Gasteiger partial charge in [0.05, 0.1) is 6.54 Å². The van der Waals surface area contributed by atoms with Crippen LogP contribution in [0.15, 0.2) is 30.3 Å². The largest absolute Gasteiger partial charge is 0.337 e. The van der Waals surface area contributed by atoms with Crippen molar-refractivity contribution in [2.24, 2.45) is 0 Å². The van der Waals surface area contributed by atoms with Gasteiger partial charge in [-0.3, -0.25) is 9.59 Å². The number of hydrogen-bond acceptors (Lipinski definition) is 2. The average Bonchev–Trinajstić information content (AvgIpc) is 2.82. The zero-order chi connectivity index (χ0) is 13.7. The third-order valence-corrected chi connectivity index (χ3v) is 3.45. The molecule has 2 amide bonds. The van der Waals surface area contributed by atoms with E-state index in [2.05, 4.69) is 0 Å². The first kappa shape index (κ1) is 13.6. The van der Waals surface area contributed by atoms with Crippen molar-refractivity contribution in [3.63, 3.8) is 0 Å². The molecule has 1 aliphatic heterocycles. The Balaban J connectivity index is 1.93. The summed E-state index contributed by atoms with van der Waals surface area (Å²) in [5, 5.41) is 0. The molecule has 0 N–H and O–H groups in total. The fourth-order valence-electron chi connectivity index (χ4n) is 2.31. The number of likely N-dealkylation sites (tertiary alicyclic amines) is 1. The molecule has 1 aromatic rings. The predicted molar refractivity (Wildman–Crippen MR) is 73.3 cm³/mol. The highest BCUT2D eigenvalue weighted by Gasteiger charge is 2.24. The van der Waals surface area contributed by atoms with Crippen LogP contribution in [0.2, 0.25) is 0 Å². The van der Waals surface area contributed by atoms with Gasteiger partial charge in [-0.25, -0.2) is 0 Å². The molecule has 0 radical (unpaired) electrons. The second-order valence-corrected chi connectivity index (χ2v) is 4.81. The highest BCUT2D eigenvalue weighted by Crippen LogP contribution is 2.11. The van der Waals surface area contributed by atoms with Crippen molar-refractivity contribution in [2.45, 2.75) is 26.3 Å². The monoisotopic (exact) mass is 260 g/mol. The Morgan fingerprint density at radius 1 is 1.32 bits per heavy atom. The fraction of sp³-hybridized carbons (Fsp3) is 0.467. The molecule has 19 heavy (non-hydrogen) atoms. The summed E-state index contributed by atoms with van der Waals surface area (Å²) in [6.07, 6.45) is 1.45. The number of amides is 2. The highest BCUT2D eigenvalue weighted by atomic mass is 16.2. The normalized spacial score (nSPS) is 14.8. The van der Waals surface area contributed by atoms with E-state index in [9.17, 15) is 9.59 Å². The third-order valence-electron chi connectivity index (χ3n) is 3.45. The maximum atomic E-state index is 12.2. The molecule has 0 aromatic heterocycles. The summed E-state index contributed by atoms with van der Waals surface area (Å²) >= 11 is 0. The topological polar surface area (TPSA) is 40.6 Å². The maximum Gasteiger partial charge on any atom is 0.242 e. The molecule has 1 heterocycles. The van der Waals surface area contributed by atoms with Crippen molar-refractivity contribution in [2.75, 3.05) is 19.6 Å². The van der Waals surface area contributed by atoms with E-state index in [-0.39, 0.29) is 18.4 Å². The van der Waals surface area contributed by atoms with Crippen LogP contribution in [-0.4, -0.2) is 41.2 Å². The summed E-state index contributed by atoms with van der Waals surface area (Å²) < 4.78 is 0. The van der Waals surface area contributed by atoms with E-state index in [1.807, 2.05) is 37.3 Å². The summed E-state index contributed by atoms with van der Waals surface area (Å²) in [6, 6.07) is 9.92. The highest BCUT2D eigenvalue weighted by molar-refractivity contribution is 5.85. The molecule has 0 saturated carbocycles. The maximum absolute atomic E-state index is 12.2. The lowest BCUT2D eigenvalue weighted by Crippen LogP contribution is -2.40. The van der Waals surface area contributed by atoms with Crippen LogP contribution in [0, 0.1) is 0 Å². The zero-order valence-corrected chi connectivity index (χ0v) is 11.3. The van der Waals surface area contributed by atoms with Crippen molar-refractivity contribution in [3.8, 4) is 0 Å². The van der Waals surface area contributed by atoms with Gasteiger partial charge >= 0.3 is 0 Å². The minimum Gasteiger partial charge on any atom is -0.337 e. The van der Waals surface area contributed by atoms with Crippen LogP contribution in [0.1, 0.15) is 25.3 Å². The minimum atomic E-state index is 0.0293. The van der Waals surface area contributed by atoms with E-state index in [0.717, 1.165) is 12.0 Å². The molecule has 0 unspecified atom stereocenters. The van der Waals surface area contributed by atoms with Crippen molar-refractivity contribution >= 4 is 11.8 Å². The third kappa shape index (κ3) is 3.56. The lowest BCUT2D eigenvalue weighted by atomic mass is 10.2. The van der Waals surface area contributed by atoms with Gasteiger partial charge in [0.15, 0.2) is 0 Å². The first-order chi connectivity index (χ1) is 9.20. The average molecular weight is 260 g/mol. The molecule has 102 valence electrons. The van der Waals surface area contributed by atoms with Gasteiger partial charge < -0.3 is 9.80 Å². The number of carbonyl (C=O) groups is 2. The van der Waals surface area contributed by atoms with Gasteiger partial charge in [0.2, 0.25) is 11.8 Å². The summed E-state index contributed by atoms with van der Waals surface area (Å²) in [4.78, 5) is 27.2. The molecule has 0 spiro atoms. The van der Waals surface area contributed by atoms with Crippen molar-refractivity contribution < 1.29 is 9.59 Å². The molecule has 1 aliphatic rings. The van der Waals surface area contributed by atoms with Gasteiger partial charge in [0, 0.05) is 26.1 Å². The molecular weight excluding hydrogens is 240 g/mol. The standard InChI is InChI=1S/C15H20N2O2/c1-2-16(11-13-7-4-3-5-8-13)15(19)12-17-10-6-9-14(17)18/h3-5,7-8H,2,6,9-12H2,1H3. The van der Waals surface area contributed by atoms with Crippen molar-refractivity contribution in [1.82, 2.24) is 9.80 Å².